The molecule has 0 aliphatic carbocycles. The van der Waals surface area contributed by atoms with E-state index in [-0.39, 0.29) is 30.7 Å². The Morgan fingerprint density at radius 1 is 1.13 bits per heavy atom. The molecule has 1 atom stereocenters. The number of piperidine rings is 1. The number of halogens is 5. The molecule has 0 radical (unpaired) electrons. The first kappa shape index (κ1) is 26.8. The molecule has 1 amide bonds. The Balaban J connectivity index is 0.00000225. The molecule has 2 saturated heterocycles. The van der Waals surface area contributed by atoms with Gasteiger partial charge in [-0.1, -0.05) is 6.07 Å². The SMILES string of the molecule is CNC(=O)CCN1CCCC(N2CCN(c3cccc(C(F)(F)F)c3)CC2)C1.Cl.Cl. The molecule has 2 heterocycles. The number of piperazine rings is 1. The maximum atomic E-state index is 13.0. The van der Waals surface area contributed by atoms with Crippen LogP contribution in [0.25, 0.3) is 0 Å². The number of anilines is 1. The van der Waals surface area contributed by atoms with Gasteiger partial charge in [-0.2, -0.15) is 13.2 Å². The van der Waals surface area contributed by atoms with Gasteiger partial charge in [-0.05, 0) is 37.6 Å². The van der Waals surface area contributed by atoms with Gasteiger partial charge in [-0.15, -0.1) is 24.8 Å². The summed E-state index contributed by atoms with van der Waals surface area (Å²) in [6, 6.07) is 6.07. The molecule has 5 nitrogen and oxygen atoms in total. The fourth-order valence-electron chi connectivity index (χ4n) is 4.14. The van der Waals surface area contributed by atoms with Crippen LogP contribution in [0.5, 0.6) is 0 Å². The van der Waals surface area contributed by atoms with Crippen molar-refractivity contribution >= 4 is 36.4 Å². The zero-order chi connectivity index (χ0) is 20.1. The van der Waals surface area contributed by atoms with Gasteiger partial charge < -0.3 is 15.1 Å². The van der Waals surface area contributed by atoms with E-state index in [4.69, 9.17) is 0 Å². The van der Waals surface area contributed by atoms with Crippen LogP contribution in [0.15, 0.2) is 24.3 Å². The van der Waals surface area contributed by atoms with Crippen molar-refractivity contribution < 1.29 is 18.0 Å². The number of nitrogens with zero attached hydrogens (tertiary/aromatic N) is 3. The van der Waals surface area contributed by atoms with Crippen LogP contribution in [0.3, 0.4) is 0 Å². The molecule has 30 heavy (non-hydrogen) atoms. The number of nitrogens with one attached hydrogen (secondary N) is 1. The van der Waals surface area contributed by atoms with Crippen molar-refractivity contribution in [2.24, 2.45) is 0 Å². The number of amides is 1. The molecule has 0 aromatic heterocycles. The fraction of sp³-hybridized carbons (Fsp3) is 0.650. The van der Waals surface area contributed by atoms with Crippen LogP contribution >= 0.6 is 24.8 Å². The average Bonchev–Trinajstić information content (AvgIpc) is 2.72. The predicted octanol–water partition coefficient (Wildman–Crippen LogP) is 3.27. The zero-order valence-corrected chi connectivity index (χ0v) is 18.8. The lowest BCUT2D eigenvalue weighted by atomic mass is 10.0. The summed E-state index contributed by atoms with van der Waals surface area (Å²) < 4.78 is 38.9. The monoisotopic (exact) mass is 470 g/mol. The Morgan fingerprint density at radius 3 is 2.47 bits per heavy atom. The summed E-state index contributed by atoms with van der Waals surface area (Å²) in [4.78, 5) is 18.3. The molecular weight excluding hydrogens is 440 g/mol. The maximum Gasteiger partial charge on any atom is 0.416 e. The van der Waals surface area contributed by atoms with Crippen molar-refractivity contribution in [2.75, 3.05) is 57.8 Å². The van der Waals surface area contributed by atoms with Gasteiger partial charge in [0.15, 0.2) is 0 Å². The number of alkyl halides is 3. The molecule has 10 heteroatoms. The highest BCUT2D eigenvalue weighted by atomic mass is 35.5. The first-order chi connectivity index (χ1) is 13.4. The van der Waals surface area contributed by atoms with Crippen molar-refractivity contribution in [1.29, 1.82) is 0 Å². The Morgan fingerprint density at radius 2 is 1.83 bits per heavy atom. The maximum absolute atomic E-state index is 13.0. The second kappa shape index (κ2) is 12.0. The highest BCUT2D eigenvalue weighted by molar-refractivity contribution is 5.85. The van der Waals surface area contributed by atoms with Gasteiger partial charge in [0.25, 0.3) is 0 Å². The van der Waals surface area contributed by atoms with E-state index in [1.54, 1.807) is 13.1 Å². The topological polar surface area (TPSA) is 38.8 Å². The van der Waals surface area contributed by atoms with Gasteiger partial charge in [0, 0.05) is 64.5 Å². The molecule has 0 spiro atoms. The van der Waals surface area contributed by atoms with Gasteiger partial charge in [-0.3, -0.25) is 9.69 Å². The lowest BCUT2D eigenvalue weighted by Crippen LogP contribution is -2.55. The second-order valence-electron chi connectivity index (χ2n) is 7.59. The molecular formula is C20H31Cl2F3N4O. The molecule has 1 aromatic rings. The van der Waals surface area contributed by atoms with Gasteiger partial charge in [0.2, 0.25) is 5.91 Å². The molecule has 2 aliphatic heterocycles. The van der Waals surface area contributed by atoms with Crippen molar-refractivity contribution in [3.8, 4) is 0 Å². The minimum atomic E-state index is -4.31. The zero-order valence-electron chi connectivity index (χ0n) is 17.2. The number of likely N-dealkylation sites (tertiary alicyclic amines) is 1. The third kappa shape index (κ3) is 7.18. The van der Waals surface area contributed by atoms with E-state index in [2.05, 4.69) is 15.1 Å². The van der Waals surface area contributed by atoms with E-state index >= 15 is 0 Å². The molecule has 2 aliphatic rings. The van der Waals surface area contributed by atoms with Gasteiger partial charge in [0.05, 0.1) is 5.56 Å². The van der Waals surface area contributed by atoms with Crippen LogP contribution in [0.4, 0.5) is 18.9 Å². The van der Waals surface area contributed by atoms with Crippen LogP contribution in [0.2, 0.25) is 0 Å². The van der Waals surface area contributed by atoms with Crippen LogP contribution in [0, 0.1) is 0 Å². The number of hydrogen-bond acceptors (Lipinski definition) is 4. The van der Waals surface area contributed by atoms with E-state index < -0.39 is 11.7 Å². The summed E-state index contributed by atoms with van der Waals surface area (Å²) in [7, 11) is 1.66. The minimum Gasteiger partial charge on any atom is -0.369 e. The smallest absolute Gasteiger partial charge is 0.369 e. The number of carbonyl (C=O) groups is 1. The average molecular weight is 471 g/mol. The third-order valence-electron chi connectivity index (χ3n) is 5.78. The van der Waals surface area contributed by atoms with Crippen molar-refractivity contribution in [3.63, 3.8) is 0 Å². The number of rotatable bonds is 5. The van der Waals surface area contributed by atoms with E-state index in [1.807, 2.05) is 4.90 Å². The predicted molar refractivity (Wildman–Crippen MR) is 118 cm³/mol. The van der Waals surface area contributed by atoms with Crippen molar-refractivity contribution in [1.82, 2.24) is 15.1 Å². The molecule has 0 bridgehead atoms. The summed E-state index contributed by atoms with van der Waals surface area (Å²) >= 11 is 0. The van der Waals surface area contributed by atoms with Crippen LogP contribution < -0.4 is 10.2 Å². The Kier molecular flexibility index (Phi) is 10.7. The lowest BCUT2D eigenvalue weighted by molar-refractivity contribution is -0.137. The van der Waals surface area contributed by atoms with Crippen molar-refractivity contribution in [3.05, 3.63) is 29.8 Å². The normalized spacial score (nSPS) is 20.8. The van der Waals surface area contributed by atoms with E-state index in [1.165, 1.54) is 12.1 Å². The van der Waals surface area contributed by atoms with Gasteiger partial charge in [0.1, 0.15) is 0 Å². The first-order valence-corrected chi connectivity index (χ1v) is 9.96. The minimum absolute atomic E-state index is 0. The highest BCUT2D eigenvalue weighted by Gasteiger charge is 2.32. The highest BCUT2D eigenvalue weighted by Crippen LogP contribution is 2.32. The summed E-state index contributed by atoms with van der Waals surface area (Å²) in [6.45, 7) is 5.93. The van der Waals surface area contributed by atoms with Crippen LogP contribution in [-0.2, 0) is 11.0 Å². The molecule has 1 N–H and O–H groups in total. The molecule has 1 aromatic carbocycles. The lowest BCUT2D eigenvalue weighted by Gasteiger charge is -2.44. The molecule has 172 valence electrons. The molecule has 1 unspecified atom stereocenters. The summed E-state index contributed by atoms with van der Waals surface area (Å²) in [6.07, 6.45) is -1.53. The standard InChI is InChI=1S/C20H29F3N4O.2ClH/c1-24-19(28)7-9-25-8-3-6-18(15-25)27-12-10-26(11-13-27)17-5-2-4-16(14-17)20(21,22)23;;/h2,4-5,14,18H,3,6-13,15H2,1H3,(H,24,28);2*1H. The van der Waals surface area contributed by atoms with E-state index in [0.717, 1.165) is 64.7 Å². The molecule has 2 fully saturated rings. The Bertz CT molecular complexity index is 670. The van der Waals surface area contributed by atoms with E-state index in [0.29, 0.717) is 18.2 Å². The largest absolute Gasteiger partial charge is 0.416 e. The second-order valence-corrected chi connectivity index (χ2v) is 7.59. The molecule has 0 saturated carbocycles. The summed E-state index contributed by atoms with van der Waals surface area (Å²) in [5.41, 5.74) is 0.0526. The number of carbonyl (C=O) groups excluding carboxylic acids is 1. The van der Waals surface area contributed by atoms with Crippen molar-refractivity contribution in [2.45, 2.75) is 31.5 Å². The first-order valence-electron chi connectivity index (χ1n) is 9.96. The third-order valence-corrected chi connectivity index (χ3v) is 5.78. The Labute approximate surface area is 188 Å². The molecule has 3 rings (SSSR count). The van der Waals surface area contributed by atoms with Gasteiger partial charge in [-0.25, -0.2) is 0 Å². The van der Waals surface area contributed by atoms with Crippen LogP contribution in [-0.4, -0.2) is 74.6 Å². The number of benzene rings is 1. The Hall–Kier alpha value is -1.22. The number of hydrogen-bond donors (Lipinski definition) is 1. The van der Waals surface area contributed by atoms with Crippen LogP contribution in [0.1, 0.15) is 24.8 Å². The quantitative estimate of drug-likeness (QED) is 0.716. The summed E-state index contributed by atoms with van der Waals surface area (Å²) in [5, 5.41) is 2.66. The summed E-state index contributed by atoms with van der Waals surface area (Å²) in [5.74, 6) is 0.0665. The van der Waals surface area contributed by atoms with Gasteiger partial charge >= 0.3 is 6.18 Å². The van der Waals surface area contributed by atoms with E-state index in [9.17, 15) is 18.0 Å². The fourth-order valence-corrected chi connectivity index (χ4v) is 4.14.